The fourth-order valence-electron chi connectivity index (χ4n) is 9.39. The van der Waals surface area contributed by atoms with Crippen LogP contribution in [0.1, 0.15) is 112 Å². The van der Waals surface area contributed by atoms with Crippen molar-refractivity contribution < 1.29 is 58.2 Å². The van der Waals surface area contributed by atoms with E-state index in [-0.39, 0.29) is 49.5 Å². The molecule has 3 heterocycles. The molecule has 3 fully saturated rings. The van der Waals surface area contributed by atoms with Gasteiger partial charge in [0.15, 0.2) is 0 Å². The highest BCUT2D eigenvalue weighted by Crippen LogP contribution is 2.39. The Kier molecular flexibility index (Phi) is 16.9. The Morgan fingerprint density at radius 2 is 1.57 bits per heavy atom. The zero-order valence-corrected chi connectivity index (χ0v) is 35.1. The van der Waals surface area contributed by atoms with E-state index in [1.54, 1.807) is 21.0 Å². The predicted molar refractivity (Wildman–Crippen MR) is 208 cm³/mol. The maximum atomic E-state index is 14.3. The summed E-state index contributed by atoms with van der Waals surface area (Å²) in [6.45, 7) is 11.3. The number of hydrogen-bond acceptors (Lipinski definition) is 12. The smallest absolute Gasteiger partial charge is 0.329 e. The number of ether oxygens (including phenoxy) is 5. The minimum atomic E-state index is -2.50. The number of piperidine rings is 1. The van der Waals surface area contributed by atoms with E-state index >= 15 is 0 Å². The van der Waals surface area contributed by atoms with Gasteiger partial charge in [-0.15, -0.1) is 0 Å². The standard InChI is InChI=1S/C43H69NO12/c1-10-30-18-24(2)17-25(3)19-36(53-8)39-37(54-9)21-27(5)43(51,56-39)40(48)41(49)44-16-12-11-13-31(44)42(50)55-38(28(6)33(46)23-34(30)47)26(4)20-29-14-15-32(45)35(22-29)52-7/h18,20,25,27-33,35-39,45-46,51H,10-17,19,21-23H2,1-9H3/b24-18-,26-20+/t25-,27+,28+,29-,30+,31-,32+,33-,35+,36-,37-,38+,39+,43+/m0/s1. The van der Waals surface area contributed by atoms with Crippen LogP contribution < -0.4 is 0 Å². The number of esters is 1. The molecule has 0 spiro atoms. The number of methoxy groups -OCH3 is 3. The predicted octanol–water partition coefficient (Wildman–Crippen LogP) is 4.47. The van der Waals surface area contributed by atoms with Gasteiger partial charge in [-0.25, -0.2) is 4.79 Å². The summed E-state index contributed by atoms with van der Waals surface area (Å²) in [7, 11) is 4.63. The molecule has 3 aliphatic heterocycles. The van der Waals surface area contributed by atoms with Crippen molar-refractivity contribution in [3.63, 3.8) is 0 Å². The molecule has 14 atom stereocenters. The molecule has 4 aliphatic rings. The topological polar surface area (TPSA) is 178 Å². The molecule has 2 bridgehead atoms. The number of ketones is 2. The molecule has 13 heteroatoms. The number of rotatable bonds is 6. The molecule has 2 saturated heterocycles. The third-order valence-electron chi connectivity index (χ3n) is 12.9. The van der Waals surface area contributed by atoms with Gasteiger partial charge in [-0.05, 0) is 95.5 Å². The second kappa shape index (κ2) is 20.4. The normalized spacial score (nSPS) is 41.6. The van der Waals surface area contributed by atoms with Crippen LogP contribution in [-0.2, 0) is 42.9 Å². The third kappa shape index (κ3) is 10.7. The number of Topliss-reactive ketones (excluding diaryl/α,β-unsaturated/α-hetero) is 2. The molecule has 1 amide bonds. The van der Waals surface area contributed by atoms with Crippen LogP contribution in [0.5, 0.6) is 0 Å². The van der Waals surface area contributed by atoms with Crippen molar-refractivity contribution >= 4 is 23.4 Å². The van der Waals surface area contributed by atoms with Gasteiger partial charge in [-0.1, -0.05) is 45.4 Å². The molecule has 0 aromatic rings. The van der Waals surface area contributed by atoms with E-state index in [0.29, 0.717) is 56.9 Å². The van der Waals surface area contributed by atoms with Crippen LogP contribution in [0.25, 0.3) is 0 Å². The van der Waals surface area contributed by atoms with Crippen LogP contribution in [0.4, 0.5) is 0 Å². The van der Waals surface area contributed by atoms with Crippen molar-refractivity contribution in [2.45, 2.75) is 167 Å². The monoisotopic (exact) mass is 791 g/mol. The lowest BCUT2D eigenvalue weighted by Crippen LogP contribution is -2.64. The van der Waals surface area contributed by atoms with E-state index in [0.717, 1.165) is 5.57 Å². The molecule has 13 nitrogen and oxygen atoms in total. The molecule has 56 heavy (non-hydrogen) atoms. The first-order valence-electron chi connectivity index (χ1n) is 20.8. The maximum Gasteiger partial charge on any atom is 0.329 e. The van der Waals surface area contributed by atoms with Crippen LogP contribution >= 0.6 is 0 Å². The second-order valence-corrected chi connectivity index (χ2v) is 17.2. The van der Waals surface area contributed by atoms with E-state index < -0.39 is 83.9 Å². The number of carbonyl (C=O) groups is 4. The van der Waals surface area contributed by atoms with Gasteiger partial charge in [0.25, 0.3) is 11.7 Å². The quantitative estimate of drug-likeness (QED) is 0.196. The summed E-state index contributed by atoms with van der Waals surface area (Å²) in [4.78, 5) is 57.6. The molecule has 318 valence electrons. The van der Waals surface area contributed by atoms with Crippen LogP contribution in [0, 0.1) is 29.6 Å². The lowest BCUT2D eigenvalue weighted by molar-refractivity contribution is -0.302. The minimum absolute atomic E-state index is 0.000914. The Hall–Kier alpha value is -2.52. The van der Waals surface area contributed by atoms with E-state index in [4.69, 9.17) is 23.7 Å². The zero-order valence-electron chi connectivity index (χ0n) is 35.1. The van der Waals surface area contributed by atoms with Crippen molar-refractivity contribution in [3.8, 4) is 0 Å². The molecule has 1 aliphatic carbocycles. The molecule has 0 unspecified atom stereocenters. The Morgan fingerprint density at radius 3 is 2.21 bits per heavy atom. The third-order valence-corrected chi connectivity index (χ3v) is 12.9. The number of carbonyl (C=O) groups excluding carboxylic acids is 4. The van der Waals surface area contributed by atoms with Crippen molar-refractivity contribution in [3.05, 3.63) is 23.3 Å². The molecule has 0 aromatic carbocycles. The van der Waals surface area contributed by atoms with Gasteiger partial charge >= 0.3 is 5.97 Å². The first-order chi connectivity index (χ1) is 26.5. The summed E-state index contributed by atoms with van der Waals surface area (Å²) in [5.41, 5.74) is 1.66. The number of allylic oxidation sites excluding steroid dienone is 3. The highest BCUT2D eigenvalue weighted by molar-refractivity contribution is 6.39. The number of hydrogen-bond donors (Lipinski definition) is 3. The lowest BCUT2D eigenvalue weighted by atomic mass is 9.81. The fraction of sp³-hybridized carbons (Fsp3) is 0.814. The first kappa shape index (κ1) is 46.2. The van der Waals surface area contributed by atoms with Crippen LogP contribution in [0.2, 0.25) is 0 Å². The number of aliphatic hydroxyl groups excluding tert-OH is 2. The Labute approximate surface area is 333 Å². The molecule has 4 rings (SSSR count). The van der Waals surface area contributed by atoms with Crippen molar-refractivity contribution in [1.82, 2.24) is 4.90 Å². The number of fused-ring (bicyclic) bond motifs is 3. The largest absolute Gasteiger partial charge is 0.456 e. The van der Waals surface area contributed by atoms with Crippen LogP contribution in [0.15, 0.2) is 23.3 Å². The second-order valence-electron chi connectivity index (χ2n) is 17.2. The van der Waals surface area contributed by atoms with E-state index in [1.807, 2.05) is 32.9 Å². The van der Waals surface area contributed by atoms with Gasteiger partial charge in [-0.2, -0.15) is 0 Å². The van der Waals surface area contributed by atoms with E-state index in [9.17, 15) is 34.5 Å². The first-order valence-corrected chi connectivity index (χ1v) is 20.8. The SMILES string of the molecule is CC[C@@H]1/C=C(/C)C[C@H](C)C[C@H](OC)[C@H]2O[C@@](O)(C(=O)C(=O)N3CCCC[C@H]3C(=O)O[C@H](/C(C)=C/[C@@H]3CC[C@@H](O)[C@H](OC)C3)[C@H](C)[C@@H](O)CC1=O)[C@H](C)C[C@@H]2OC. The van der Waals surface area contributed by atoms with Gasteiger partial charge in [0, 0.05) is 52.0 Å². The van der Waals surface area contributed by atoms with Gasteiger partial charge in [-0.3, -0.25) is 14.4 Å². The van der Waals surface area contributed by atoms with Crippen LogP contribution in [-0.4, -0.2) is 126 Å². The van der Waals surface area contributed by atoms with Crippen molar-refractivity contribution in [1.29, 1.82) is 0 Å². The Balaban J connectivity index is 1.76. The summed E-state index contributed by atoms with van der Waals surface area (Å²) in [6, 6.07) is -1.13. The summed E-state index contributed by atoms with van der Waals surface area (Å²) < 4.78 is 29.7. The zero-order chi connectivity index (χ0) is 41.5. The highest BCUT2D eigenvalue weighted by atomic mass is 16.7. The van der Waals surface area contributed by atoms with Crippen LogP contribution in [0.3, 0.4) is 0 Å². The molecule has 0 radical (unpaired) electrons. The lowest BCUT2D eigenvalue weighted by Gasteiger charge is -2.47. The maximum absolute atomic E-state index is 14.3. The average Bonchev–Trinajstić information content (AvgIpc) is 3.18. The number of nitrogens with zero attached hydrogens (tertiary/aromatic N) is 1. The van der Waals surface area contributed by atoms with Gasteiger partial charge in [0.05, 0.1) is 30.5 Å². The molecule has 3 N–H and O–H groups in total. The Morgan fingerprint density at radius 1 is 0.911 bits per heavy atom. The molecular formula is C43H69NO12. The number of cyclic esters (lactones) is 1. The van der Waals surface area contributed by atoms with E-state index in [2.05, 4.69) is 6.92 Å². The number of aliphatic hydroxyl groups is 3. The summed E-state index contributed by atoms with van der Waals surface area (Å²) in [6.07, 6.45) is 3.72. The van der Waals surface area contributed by atoms with Gasteiger partial charge < -0.3 is 43.9 Å². The van der Waals surface area contributed by atoms with E-state index in [1.165, 1.54) is 19.1 Å². The summed E-state index contributed by atoms with van der Waals surface area (Å²) in [5, 5.41) is 34.1. The molecule has 0 aromatic heterocycles. The summed E-state index contributed by atoms with van der Waals surface area (Å²) in [5.74, 6) is -7.50. The Bertz CT molecular complexity index is 1430. The fourth-order valence-corrected chi connectivity index (χ4v) is 9.39. The minimum Gasteiger partial charge on any atom is -0.456 e. The number of amides is 1. The van der Waals surface area contributed by atoms with Gasteiger partial charge in [0.1, 0.15) is 24.0 Å². The van der Waals surface area contributed by atoms with Gasteiger partial charge in [0.2, 0.25) is 5.79 Å². The highest BCUT2D eigenvalue weighted by Gasteiger charge is 2.56. The average molecular weight is 792 g/mol. The van der Waals surface area contributed by atoms with Crippen molar-refractivity contribution in [2.75, 3.05) is 27.9 Å². The van der Waals surface area contributed by atoms with Crippen molar-refractivity contribution in [2.24, 2.45) is 29.6 Å². The molecule has 1 saturated carbocycles. The molecular weight excluding hydrogens is 722 g/mol. The summed E-state index contributed by atoms with van der Waals surface area (Å²) >= 11 is 0.